The van der Waals surface area contributed by atoms with E-state index in [1.54, 1.807) is 13.3 Å². The average molecular weight is 487 g/mol. The van der Waals surface area contributed by atoms with Gasteiger partial charge >= 0.3 is 5.97 Å². The number of hydrogen-bond acceptors (Lipinski definition) is 5. The normalized spacial score (nSPS) is 13.6. The van der Waals surface area contributed by atoms with E-state index in [1.807, 2.05) is 56.9 Å². The summed E-state index contributed by atoms with van der Waals surface area (Å²) in [6.45, 7) is 9.37. The Morgan fingerprint density at radius 1 is 1.03 bits per heavy atom. The summed E-state index contributed by atoms with van der Waals surface area (Å²) >= 11 is 0. The maximum Gasteiger partial charge on any atom is 0.306 e. The van der Waals surface area contributed by atoms with Crippen molar-refractivity contribution in [3.05, 3.63) is 93.2 Å². The van der Waals surface area contributed by atoms with Crippen LogP contribution in [-0.4, -0.2) is 42.0 Å². The van der Waals surface area contributed by atoms with Gasteiger partial charge < -0.3 is 14.4 Å². The highest BCUT2D eigenvalue weighted by Gasteiger charge is 2.26. The quantitative estimate of drug-likeness (QED) is 0.424. The molecule has 0 spiro atoms. The molecule has 0 bridgehead atoms. The predicted molar refractivity (Wildman–Crippen MR) is 139 cm³/mol. The molecule has 6 nitrogen and oxygen atoms in total. The Balaban J connectivity index is 1.66. The molecule has 0 unspecified atom stereocenters. The van der Waals surface area contributed by atoms with Gasteiger partial charge in [0.05, 0.1) is 20.1 Å². The summed E-state index contributed by atoms with van der Waals surface area (Å²) in [6, 6.07) is 14.3. The summed E-state index contributed by atoms with van der Waals surface area (Å²) in [6.07, 6.45) is 2.80. The van der Waals surface area contributed by atoms with Gasteiger partial charge in [0.25, 0.3) is 5.91 Å². The number of rotatable bonds is 7. The molecule has 4 rings (SSSR count). The van der Waals surface area contributed by atoms with E-state index in [9.17, 15) is 9.59 Å². The van der Waals surface area contributed by atoms with E-state index in [0.717, 1.165) is 45.4 Å². The SMILES string of the molecule is CCOC(=O)C[C@H](c1ccc2c(c1)CN(C(=O)c1cc(C)ccc1C)CC2)c1cnc(OC)cc1C. The van der Waals surface area contributed by atoms with Crippen LogP contribution in [0.15, 0.2) is 48.7 Å². The van der Waals surface area contributed by atoms with Gasteiger partial charge in [0, 0.05) is 36.8 Å². The molecule has 0 fully saturated rings. The molecule has 1 amide bonds. The number of nitrogens with zero attached hydrogens (tertiary/aromatic N) is 2. The molecule has 2 heterocycles. The summed E-state index contributed by atoms with van der Waals surface area (Å²) in [5.74, 6) is 0.141. The fourth-order valence-corrected chi connectivity index (χ4v) is 4.91. The topological polar surface area (TPSA) is 68.7 Å². The summed E-state index contributed by atoms with van der Waals surface area (Å²) < 4.78 is 10.6. The van der Waals surface area contributed by atoms with Gasteiger partial charge in [-0.05, 0) is 73.6 Å². The lowest BCUT2D eigenvalue weighted by atomic mass is 9.84. The molecule has 3 aromatic rings. The van der Waals surface area contributed by atoms with E-state index in [0.29, 0.717) is 25.6 Å². The van der Waals surface area contributed by atoms with Gasteiger partial charge in [0.1, 0.15) is 0 Å². The maximum atomic E-state index is 13.4. The first-order valence-electron chi connectivity index (χ1n) is 12.4. The largest absolute Gasteiger partial charge is 0.481 e. The minimum absolute atomic E-state index is 0.0607. The highest BCUT2D eigenvalue weighted by atomic mass is 16.5. The van der Waals surface area contributed by atoms with Gasteiger partial charge in [-0.2, -0.15) is 0 Å². The van der Waals surface area contributed by atoms with E-state index in [-0.39, 0.29) is 24.2 Å². The standard InChI is InChI=1S/C30H34N2O4/c1-6-36-29(33)16-26(27-17-31-28(35-5)14-21(27)4)23-10-9-22-11-12-32(18-24(22)15-23)30(34)25-13-19(2)7-8-20(25)3/h7-10,13-15,17,26H,6,11-12,16,18H2,1-5H3/t26-/m1/s1. The number of aryl methyl sites for hydroxylation is 3. The Hall–Kier alpha value is -3.67. The lowest BCUT2D eigenvalue weighted by Gasteiger charge is -2.30. The van der Waals surface area contributed by atoms with E-state index in [4.69, 9.17) is 9.47 Å². The molecule has 0 radical (unpaired) electrons. The lowest BCUT2D eigenvalue weighted by molar-refractivity contribution is -0.143. The first kappa shape index (κ1) is 25.4. The Bertz CT molecular complexity index is 1280. The first-order valence-corrected chi connectivity index (χ1v) is 12.4. The van der Waals surface area contributed by atoms with Crippen LogP contribution < -0.4 is 4.74 Å². The first-order chi connectivity index (χ1) is 17.3. The van der Waals surface area contributed by atoms with Gasteiger partial charge in [-0.25, -0.2) is 4.98 Å². The Labute approximate surface area is 213 Å². The molecule has 0 aliphatic carbocycles. The number of methoxy groups -OCH3 is 1. The third-order valence-electron chi connectivity index (χ3n) is 6.94. The molecular weight excluding hydrogens is 452 g/mol. The van der Waals surface area contributed by atoms with Crippen molar-refractivity contribution in [2.24, 2.45) is 0 Å². The Kier molecular flexibility index (Phi) is 7.73. The van der Waals surface area contributed by atoms with Crippen LogP contribution in [0.25, 0.3) is 0 Å². The van der Waals surface area contributed by atoms with E-state index in [1.165, 1.54) is 5.56 Å². The number of carbonyl (C=O) groups excluding carboxylic acids is 2. The second kappa shape index (κ2) is 10.9. The van der Waals surface area contributed by atoms with Gasteiger partial charge in [-0.1, -0.05) is 35.9 Å². The maximum absolute atomic E-state index is 13.4. The van der Waals surface area contributed by atoms with Crippen molar-refractivity contribution in [3.63, 3.8) is 0 Å². The molecule has 1 aromatic heterocycles. The molecule has 1 aliphatic rings. The molecule has 1 aliphatic heterocycles. The third-order valence-corrected chi connectivity index (χ3v) is 6.94. The molecular formula is C30H34N2O4. The molecule has 1 atom stereocenters. The smallest absolute Gasteiger partial charge is 0.306 e. The van der Waals surface area contributed by atoms with Crippen molar-refractivity contribution in [1.82, 2.24) is 9.88 Å². The third kappa shape index (κ3) is 5.43. The van der Waals surface area contributed by atoms with Crippen LogP contribution in [0.5, 0.6) is 5.88 Å². The molecule has 188 valence electrons. The zero-order chi connectivity index (χ0) is 25.8. The lowest BCUT2D eigenvalue weighted by Crippen LogP contribution is -2.36. The Morgan fingerprint density at radius 3 is 2.56 bits per heavy atom. The van der Waals surface area contributed by atoms with Gasteiger partial charge in [0.15, 0.2) is 0 Å². The van der Waals surface area contributed by atoms with Gasteiger partial charge in [-0.15, -0.1) is 0 Å². The zero-order valence-electron chi connectivity index (χ0n) is 21.8. The molecule has 6 heteroatoms. The van der Waals surface area contributed by atoms with Crippen molar-refractivity contribution in [3.8, 4) is 5.88 Å². The van der Waals surface area contributed by atoms with Crippen molar-refractivity contribution >= 4 is 11.9 Å². The van der Waals surface area contributed by atoms with Crippen molar-refractivity contribution in [2.45, 2.75) is 53.0 Å². The molecule has 2 aromatic carbocycles. The van der Waals surface area contributed by atoms with E-state index in [2.05, 4.69) is 23.2 Å². The summed E-state index contributed by atoms with van der Waals surface area (Å²) in [4.78, 5) is 32.3. The van der Waals surface area contributed by atoms with Crippen LogP contribution in [0, 0.1) is 20.8 Å². The number of hydrogen-bond donors (Lipinski definition) is 0. The number of esters is 1. The number of pyridine rings is 1. The van der Waals surface area contributed by atoms with Crippen molar-refractivity contribution in [2.75, 3.05) is 20.3 Å². The number of carbonyl (C=O) groups is 2. The fourth-order valence-electron chi connectivity index (χ4n) is 4.91. The highest BCUT2D eigenvalue weighted by molar-refractivity contribution is 5.96. The minimum atomic E-state index is -0.248. The number of benzene rings is 2. The number of aromatic nitrogens is 1. The number of amides is 1. The monoisotopic (exact) mass is 486 g/mol. The molecule has 0 N–H and O–H groups in total. The van der Waals surface area contributed by atoms with E-state index < -0.39 is 0 Å². The predicted octanol–water partition coefficient (Wildman–Crippen LogP) is 5.30. The van der Waals surface area contributed by atoms with Crippen LogP contribution in [0.1, 0.15) is 68.6 Å². The van der Waals surface area contributed by atoms with Crippen LogP contribution in [0.3, 0.4) is 0 Å². The average Bonchev–Trinajstić information content (AvgIpc) is 2.88. The van der Waals surface area contributed by atoms with Crippen LogP contribution >= 0.6 is 0 Å². The van der Waals surface area contributed by atoms with Crippen molar-refractivity contribution < 1.29 is 19.1 Å². The number of ether oxygens (including phenoxy) is 2. The minimum Gasteiger partial charge on any atom is -0.481 e. The second-order valence-electron chi connectivity index (χ2n) is 9.47. The van der Waals surface area contributed by atoms with Crippen LogP contribution in [0.4, 0.5) is 0 Å². The summed E-state index contributed by atoms with van der Waals surface area (Å²) in [7, 11) is 1.59. The van der Waals surface area contributed by atoms with Crippen LogP contribution in [-0.2, 0) is 22.5 Å². The molecule has 0 saturated carbocycles. The van der Waals surface area contributed by atoms with Gasteiger partial charge in [-0.3, -0.25) is 9.59 Å². The Morgan fingerprint density at radius 2 is 1.83 bits per heavy atom. The number of fused-ring (bicyclic) bond motifs is 1. The highest BCUT2D eigenvalue weighted by Crippen LogP contribution is 2.34. The van der Waals surface area contributed by atoms with Gasteiger partial charge in [0.2, 0.25) is 5.88 Å². The molecule has 36 heavy (non-hydrogen) atoms. The summed E-state index contributed by atoms with van der Waals surface area (Å²) in [5, 5.41) is 0. The van der Waals surface area contributed by atoms with Crippen LogP contribution in [0.2, 0.25) is 0 Å². The van der Waals surface area contributed by atoms with Crippen molar-refractivity contribution in [1.29, 1.82) is 0 Å². The fraction of sp³-hybridized carbons (Fsp3) is 0.367. The zero-order valence-corrected chi connectivity index (χ0v) is 21.8. The van der Waals surface area contributed by atoms with E-state index >= 15 is 0 Å². The summed E-state index contributed by atoms with van der Waals surface area (Å²) in [5.41, 5.74) is 8.15. The molecule has 0 saturated heterocycles. The second-order valence-corrected chi connectivity index (χ2v) is 9.47.